The summed E-state index contributed by atoms with van der Waals surface area (Å²) in [4.78, 5) is 40.1. The number of hydrogen-bond acceptors (Lipinski definition) is 6. The summed E-state index contributed by atoms with van der Waals surface area (Å²) >= 11 is 0. The molecule has 4 rings (SSSR count). The summed E-state index contributed by atoms with van der Waals surface area (Å²) in [5.41, 5.74) is 2.18. The van der Waals surface area contributed by atoms with E-state index in [2.05, 4.69) is 15.5 Å². The number of benzene rings is 2. The van der Waals surface area contributed by atoms with Gasteiger partial charge in [-0.15, -0.1) is 5.10 Å². The van der Waals surface area contributed by atoms with Crippen LogP contribution in [0.5, 0.6) is 0 Å². The number of anilines is 2. The van der Waals surface area contributed by atoms with Crippen molar-refractivity contribution in [2.24, 2.45) is 0 Å². The van der Waals surface area contributed by atoms with Crippen LogP contribution < -0.4 is 10.2 Å². The van der Waals surface area contributed by atoms with Crippen molar-refractivity contribution < 1.29 is 19.1 Å². The number of aryl methyl sites for hydroxylation is 1. The highest BCUT2D eigenvalue weighted by Gasteiger charge is 2.32. The number of nitrogens with zero attached hydrogens (tertiary/aromatic N) is 4. The third kappa shape index (κ3) is 3.64. The van der Waals surface area contributed by atoms with Crippen molar-refractivity contribution in [3.05, 3.63) is 66.0 Å². The number of hydrogen-bond donors (Lipinski definition) is 1. The summed E-state index contributed by atoms with van der Waals surface area (Å²) in [6.45, 7) is 2.95. The molecule has 152 valence electrons. The molecule has 0 saturated heterocycles. The number of nitrogens with one attached hydrogen (secondary N) is 1. The molecule has 0 spiro atoms. The zero-order valence-corrected chi connectivity index (χ0v) is 16.4. The lowest BCUT2D eigenvalue weighted by Gasteiger charge is -2.30. The van der Waals surface area contributed by atoms with E-state index in [-0.39, 0.29) is 18.1 Å². The van der Waals surface area contributed by atoms with E-state index in [1.165, 1.54) is 16.6 Å². The minimum Gasteiger partial charge on any atom is -0.448 e. The van der Waals surface area contributed by atoms with E-state index in [9.17, 15) is 14.4 Å². The Morgan fingerprint density at radius 3 is 2.53 bits per heavy atom. The maximum Gasteiger partial charge on any atom is 0.361 e. The Morgan fingerprint density at radius 2 is 1.77 bits per heavy atom. The second-order valence-electron chi connectivity index (χ2n) is 6.80. The summed E-state index contributed by atoms with van der Waals surface area (Å²) < 4.78 is 5.35. The van der Waals surface area contributed by atoms with Crippen LogP contribution >= 0.6 is 0 Å². The van der Waals surface area contributed by atoms with Crippen molar-refractivity contribution in [1.82, 2.24) is 15.0 Å². The molecule has 0 unspecified atom stereocenters. The molecule has 1 aromatic heterocycles. The maximum absolute atomic E-state index is 12.9. The average molecular weight is 405 g/mol. The number of para-hydroxylation sites is 3. The maximum atomic E-state index is 12.9. The third-order valence-corrected chi connectivity index (χ3v) is 4.63. The number of fused-ring (bicyclic) bond motifs is 1. The molecule has 9 heteroatoms. The number of carbonyl (C=O) groups is 3. The van der Waals surface area contributed by atoms with Gasteiger partial charge in [-0.3, -0.25) is 14.5 Å². The average Bonchev–Trinajstić information content (AvgIpc) is 3.15. The van der Waals surface area contributed by atoms with Crippen LogP contribution in [0.4, 0.5) is 11.4 Å². The summed E-state index contributed by atoms with van der Waals surface area (Å²) in [5, 5.41) is 11.1. The Labute approximate surface area is 172 Å². The Kier molecular flexibility index (Phi) is 5.01. The van der Waals surface area contributed by atoms with Crippen LogP contribution in [0.15, 0.2) is 54.6 Å². The molecule has 0 fully saturated rings. The van der Waals surface area contributed by atoms with E-state index >= 15 is 0 Å². The van der Waals surface area contributed by atoms with Crippen LogP contribution in [0.25, 0.3) is 5.69 Å². The summed E-state index contributed by atoms with van der Waals surface area (Å²) in [5.74, 6) is -1.58. The quantitative estimate of drug-likeness (QED) is 0.667. The van der Waals surface area contributed by atoms with E-state index in [1.54, 1.807) is 43.3 Å². The lowest BCUT2D eigenvalue weighted by molar-refractivity contribution is -0.128. The van der Waals surface area contributed by atoms with Crippen LogP contribution in [0.2, 0.25) is 0 Å². The Hall–Kier alpha value is -4.01. The Morgan fingerprint density at radius 1 is 1.07 bits per heavy atom. The van der Waals surface area contributed by atoms with E-state index < -0.39 is 18.0 Å². The molecule has 1 N–H and O–H groups in total. The normalized spacial score (nSPS) is 13.9. The molecule has 9 nitrogen and oxygen atoms in total. The van der Waals surface area contributed by atoms with E-state index in [4.69, 9.17) is 4.74 Å². The van der Waals surface area contributed by atoms with Gasteiger partial charge in [0.15, 0.2) is 11.8 Å². The van der Waals surface area contributed by atoms with Gasteiger partial charge in [-0.05, 0) is 38.1 Å². The zero-order valence-electron chi connectivity index (χ0n) is 16.4. The predicted octanol–water partition coefficient (Wildman–Crippen LogP) is 2.11. The minimum absolute atomic E-state index is 0.0234. The fraction of sp³-hybridized carbons (Fsp3) is 0.190. The molecule has 2 heterocycles. The number of aromatic nitrogens is 3. The fourth-order valence-corrected chi connectivity index (χ4v) is 3.16. The van der Waals surface area contributed by atoms with Gasteiger partial charge in [-0.2, -0.15) is 9.90 Å². The zero-order chi connectivity index (χ0) is 21.3. The second-order valence-corrected chi connectivity index (χ2v) is 6.80. The third-order valence-electron chi connectivity index (χ3n) is 4.63. The number of carbonyl (C=O) groups excluding carboxylic acids is 3. The first kappa shape index (κ1) is 19.3. The number of ether oxygens (including phenoxy) is 1. The Bertz CT molecular complexity index is 1130. The molecule has 1 aliphatic rings. The van der Waals surface area contributed by atoms with Crippen molar-refractivity contribution in [3.8, 4) is 5.69 Å². The molecular formula is C21H19N5O4. The van der Waals surface area contributed by atoms with Crippen molar-refractivity contribution in [1.29, 1.82) is 0 Å². The predicted molar refractivity (Wildman–Crippen MR) is 108 cm³/mol. The highest BCUT2D eigenvalue weighted by atomic mass is 16.5. The smallest absolute Gasteiger partial charge is 0.361 e. The number of rotatable bonds is 4. The van der Waals surface area contributed by atoms with Gasteiger partial charge in [0.25, 0.3) is 5.91 Å². The summed E-state index contributed by atoms with van der Waals surface area (Å²) in [6.07, 6.45) is -1.11. The van der Waals surface area contributed by atoms with Crippen LogP contribution in [-0.4, -0.2) is 45.4 Å². The molecule has 2 aromatic carbocycles. The summed E-state index contributed by atoms with van der Waals surface area (Å²) in [6, 6.07) is 16.1. The van der Waals surface area contributed by atoms with E-state index in [0.717, 1.165) is 0 Å². The van der Waals surface area contributed by atoms with Crippen molar-refractivity contribution in [2.75, 3.05) is 16.8 Å². The first-order chi connectivity index (χ1) is 14.4. The molecule has 0 radical (unpaired) electrons. The topological polar surface area (TPSA) is 106 Å². The lowest BCUT2D eigenvalue weighted by Crippen LogP contribution is -2.47. The molecular weight excluding hydrogens is 386 g/mol. The lowest BCUT2D eigenvalue weighted by atomic mass is 10.1. The number of esters is 1. The van der Waals surface area contributed by atoms with Gasteiger partial charge in [-0.1, -0.05) is 30.3 Å². The minimum atomic E-state index is -1.11. The fourth-order valence-electron chi connectivity index (χ4n) is 3.16. The van der Waals surface area contributed by atoms with E-state index in [1.807, 2.05) is 18.2 Å². The van der Waals surface area contributed by atoms with Crippen molar-refractivity contribution in [3.63, 3.8) is 0 Å². The van der Waals surface area contributed by atoms with Gasteiger partial charge in [-0.25, -0.2) is 4.79 Å². The summed E-state index contributed by atoms with van der Waals surface area (Å²) in [7, 11) is 0. The standard InChI is InChI=1S/C21H19N5O4/c1-13-19(24-26(23-13)15-8-4-3-5-9-15)21(29)30-14(2)20(28)25-12-18(27)22-16-10-6-7-11-17(16)25/h3-11,14H,12H2,1-2H3,(H,22,27)/t14-/m1/s1. The monoisotopic (exact) mass is 405 g/mol. The Balaban J connectivity index is 1.51. The first-order valence-electron chi connectivity index (χ1n) is 9.34. The van der Waals surface area contributed by atoms with Gasteiger partial charge in [0.1, 0.15) is 6.54 Å². The largest absolute Gasteiger partial charge is 0.448 e. The molecule has 2 amide bonds. The van der Waals surface area contributed by atoms with Crippen molar-refractivity contribution >= 4 is 29.2 Å². The van der Waals surface area contributed by atoms with Gasteiger partial charge < -0.3 is 10.1 Å². The highest BCUT2D eigenvalue weighted by molar-refractivity contribution is 6.11. The van der Waals surface area contributed by atoms with Gasteiger partial charge >= 0.3 is 5.97 Å². The SMILES string of the molecule is Cc1nn(-c2ccccc2)nc1C(=O)O[C@H](C)C(=O)N1CC(=O)Nc2ccccc21. The molecule has 0 bridgehead atoms. The molecule has 3 aromatic rings. The van der Waals surface area contributed by atoms with Crippen LogP contribution in [0.1, 0.15) is 23.1 Å². The molecule has 30 heavy (non-hydrogen) atoms. The van der Waals surface area contributed by atoms with Crippen molar-refractivity contribution in [2.45, 2.75) is 20.0 Å². The second kappa shape index (κ2) is 7.78. The van der Waals surface area contributed by atoms with E-state index in [0.29, 0.717) is 22.8 Å². The van der Waals surface area contributed by atoms with Gasteiger partial charge in [0.2, 0.25) is 5.91 Å². The molecule has 0 saturated carbocycles. The van der Waals surface area contributed by atoms with Crippen LogP contribution in [0.3, 0.4) is 0 Å². The number of amides is 2. The van der Waals surface area contributed by atoms with Gasteiger partial charge in [0.05, 0.1) is 22.8 Å². The first-order valence-corrected chi connectivity index (χ1v) is 9.34. The molecule has 1 aliphatic heterocycles. The molecule has 0 aliphatic carbocycles. The molecule has 1 atom stereocenters. The van der Waals surface area contributed by atoms with Gasteiger partial charge in [0, 0.05) is 0 Å². The highest BCUT2D eigenvalue weighted by Crippen LogP contribution is 2.29. The van der Waals surface area contributed by atoms with Crippen LogP contribution in [-0.2, 0) is 14.3 Å². The van der Waals surface area contributed by atoms with Crippen LogP contribution in [0, 0.1) is 6.92 Å².